The highest BCUT2D eigenvalue weighted by molar-refractivity contribution is 7.09. The molecular weight excluding hydrogens is 322 g/mol. The standard InChI is InChI=1S/C18H27N3O2S/c1-2-16(22)19-9-6-15-12-24-17(20-15)13-7-10-21(11-8-13)18(23)14-4-3-5-14/h12-14H,2-11H2,1H3,(H,19,22). The number of thiazole rings is 1. The summed E-state index contributed by atoms with van der Waals surface area (Å²) in [4.78, 5) is 30.4. The van der Waals surface area contributed by atoms with Gasteiger partial charge < -0.3 is 10.2 Å². The van der Waals surface area contributed by atoms with Gasteiger partial charge >= 0.3 is 0 Å². The van der Waals surface area contributed by atoms with Gasteiger partial charge in [0.15, 0.2) is 0 Å². The molecule has 2 heterocycles. The summed E-state index contributed by atoms with van der Waals surface area (Å²) < 4.78 is 0. The number of piperidine rings is 1. The average Bonchev–Trinajstić information content (AvgIpc) is 3.02. The lowest BCUT2D eigenvalue weighted by Crippen LogP contribution is -2.43. The Bertz CT molecular complexity index is 575. The molecule has 0 spiro atoms. The van der Waals surface area contributed by atoms with Crippen molar-refractivity contribution in [1.82, 2.24) is 15.2 Å². The van der Waals surface area contributed by atoms with Gasteiger partial charge in [-0.05, 0) is 25.7 Å². The Morgan fingerprint density at radius 3 is 2.67 bits per heavy atom. The summed E-state index contributed by atoms with van der Waals surface area (Å²) in [6.07, 6.45) is 6.76. The second-order valence-electron chi connectivity index (χ2n) is 6.86. The minimum absolute atomic E-state index is 0.0916. The molecule has 1 saturated heterocycles. The first kappa shape index (κ1) is 17.4. The van der Waals surface area contributed by atoms with Crippen LogP contribution >= 0.6 is 11.3 Å². The Balaban J connectivity index is 1.44. The molecule has 3 rings (SSSR count). The highest BCUT2D eigenvalue weighted by atomic mass is 32.1. The normalized spacial score (nSPS) is 19.1. The van der Waals surface area contributed by atoms with Gasteiger partial charge in [-0.15, -0.1) is 11.3 Å². The Morgan fingerprint density at radius 1 is 1.29 bits per heavy atom. The van der Waals surface area contributed by atoms with Crippen LogP contribution in [0.25, 0.3) is 0 Å². The van der Waals surface area contributed by atoms with Gasteiger partial charge in [-0.25, -0.2) is 4.98 Å². The molecule has 1 N–H and O–H groups in total. The highest BCUT2D eigenvalue weighted by Crippen LogP contribution is 2.33. The van der Waals surface area contributed by atoms with Crippen LogP contribution in [0.15, 0.2) is 5.38 Å². The SMILES string of the molecule is CCC(=O)NCCc1csc(C2CCN(C(=O)C3CCC3)CC2)n1. The largest absolute Gasteiger partial charge is 0.356 e. The summed E-state index contributed by atoms with van der Waals surface area (Å²) in [5, 5.41) is 6.20. The van der Waals surface area contributed by atoms with E-state index in [1.165, 1.54) is 11.4 Å². The van der Waals surface area contributed by atoms with E-state index in [2.05, 4.69) is 15.6 Å². The summed E-state index contributed by atoms with van der Waals surface area (Å²) >= 11 is 1.73. The maximum absolute atomic E-state index is 12.3. The molecule has 0 unspecified atom stereocenters. The predicted molar refractivity (Wildman–Crippen MR) is 95.0 cm³/mol. The van der Waals surface area contributed by atoms with E-state index in [0.29, 0.717) is 30.7 Å². The fourth-order valence-corrected chi connectivity index (χ4v) is 4.37. The van der Waals surface area contributed by atoms with Gasteiger partial charge in [-0.1, -0.05) is 13.3 Å². The third-order valence-corrected chi connectivity index (χ3v) is 6.26. The Morgan fingerprint density at radius 2 is 2.04 bits per heavy atom. The van der Waals surface area contributed by atoms with Crippen LogP contribution in [0, 0.1) is 5.92 Å². The second-order valence-corrected chi connectivity index (χ2v) is 7.75. The number of rotatable bonds is 6. The van der Waals surface area contributed by atoms with Gasteiger partial charge in [0.1, 0.15) is 0 Å². The summed E-state index contributed by atoms with van der Waals surface area (Å²) in [5.41, 5.74) is 1.07. The quantitative estimate of drug-likeness (QED) is 0.859. The lowest BCUT2D eigenvalue weighted by atomic mass is 9.83. The average molecular weight is 350 g/mol. The number of carbonyl (C=O) groups excluding carboxylic acids is 2. The van der Waals surface area contributed by atoms with Crippen LogP contribution in [-0.4, -0.2) is 41.3 Å². The molecule has 24 heavy (non-hydrogen) atoms. The number of likely N-dealkylation sites (tertiary alicyclic amines) is 1. The third kappa shape index (κ3) is 4.15. The van der Waals surface area contributed by atoms with E-state index in [4.69, 9.17) is 4.98 Å². The van der Waals surface area contributed by atoms with Crippen molar-refractivity contribution in [2.75, 3.05) is 19.6 Å². The molecule has 0 bridgehead atoms. The van der Waals surface area contributed by atoms with Crippen LogP contribution in [0.2, 0.25) is 0 Å². The maximum Gasteiger partial charge on any atom is 0.225 e. The zero-order chi connectivity index (χ0) is 16.9. The van der Waals surface area contributed by atoms with Gasteiger partial charge in [-0.2, -0.15) is 0 Å². The van der Waals surface area contributed by atoms with Crippen molar-refractivity contribution in [2.24, 2.45) is 5.92 Å². The van der Waals surface area contributed by atoms with Crippen LogP contribution in [0.5, 0.6) is 0 Å². The van der Waals surface area contributed by atoms with Crippen molar-refractivity contribution in [1.29, 1.82) is 0 Å². The molecule has 0 atom stereocenters. The van der Waals surface area contributed by atoms with E-state index in [1.807, 2.05) is 6.92 Å². The summed E-state index contributed by atoms with van der Waals surface area (Å²) in [7, 11) is 0. The number of nitrogens with zero attached hydrogens (tertiary/aromatic N) is 2. The van der Waals surface area contributed by atoms with Crippen molar-refractivity contribution in [3.05, 3.63) is 16.1 Å². The summed E-state index contributed by atoms with van der Waals surface area (Å²) in [6, 6.07) is 0. The molecule has 1 aromatic heterocycles. The lowest BCUT2D eigenvalue weighted by Gasteiger charge is -2.36. The Kier molecular flexibility index (Phi) is 5.87. The van der Waals surface area contributed by atoms with Gasteiger partial charge in [0, 0.05) is 49.7 Å². The van der Waals surface area contributed by atoms with E-state index in [0.717, 1.165) is 50.9 Å². The smallest absolute Gasteiger partial charge is 0.225 e. The van der Waals surface area contributed by atoms with Crippen LogP contribution in [-0.2, 0) is 16.0 Å². The molecule has 1 aromatic rings. The Labute approximate surface area is 147 Å². The van der Waals surface area contributed by atoms with Crippen molar-refractivity contribution < 1.29 is 9.59 Å². The Hall–Kier alpha value is -1.43. The van der Waals surface area contributed by atoms with E-state index in [1.54, 1.807) is 11.3 Å². The van der Waals surface area contributed by atoms with E-state index in [-0.39, 0.29) is 5.91 Å². The highest BCUT2D eigenvalue weighted by Gasteiger charge is 2.32. The fraction of sp³-hybridized carbons (Fsp3) is 0.722. The second kappa shape index (κ2) is 8.10. The topological polar surface area (TPSA) is 62.3 Å². The van der Waals surface area contributed by atoms with Gasteiger partial charge in [0.25, 0.3) is 0 Å². The molecule has 0 aromatic carbocycles. The molecule has 132 valence electrons. The molecule has 2 amide bonds. The minimum atomic E-state index is 0.0916. The first-order chi connectivity index (χ1) is 11.7. The number of hydrogen-bond donors (Lipinski definition) is 1. The molecule has 5 nitrogen and oxygen atoms in total. The summed E-state index contributed by atoms with van der Waals surface area (Å²) in [5.74, 6) is 1.27. The van der Waals surface area contributed by atoms with Gasteiger partial charge in [0.05, 0.1) is 10.7 Å². The van der Waals surface area contributed by atoms with Crippen molar-refractivity contribution in [3.63, 3.8) is 0 Å². The van der Waals surface area contributed by atoms with Crippen LogP contribution < -0.4 is 5.32 Å². The number of aromatic nitrogens is 1. The minimum Gasteiger partial charge on any atom is -0.356 e. The molecule has 1 saturated carbocycles. The number of hydrogen-bond acceptors (Lipinski definition) is 4. The molecular formula is C18H27N3O2S. The van der Waals surface area contributed by atoms with Crippen LogP contribution in [0.1, 0.15) is 62.1 Å². The molecule has 0 radical (unpaired) electrons. The number of amides is 2. The number of carbonyl (C=O) groups is 2. The van der Waals surface area contributed by atoms with Crippen LogP contribution in [0.4, 0.5) is 0 Å². The lowest BCUT2D eigenvalue weighted by molar-refractivity contribution is -0.139. The molecule has 1 aliphatic carbocycles. The van der Waals surface area contributed by atoms with E-state index in [9.17, 15) is 9.59 Å². The van der Waals surface area contributed by atoms with E-state index >= 15 is 0 Å². The van der Waals surface area contributed by atoms with Crippen molar-refractivity contribution in [3.8, 4) is 0 Å². The molecule has 1 aliphatic heterocycles. The summed E-state index contributed by atoms with van der Waals surface area (Å²) in [6.45, 7) is 4.27. The first-order valence-electron chi connectivity index (χ1n) is 9.17. The fourth-order valence-electron chi connectivity index (χ4n) is 3.34. The van der Waals surface area contributed by atoms with Gasteiger partial charge in [-0.3, -0.25) is 9.59 Å². The molecule has 2 aliphatic rings. The third-order valence-electron chi connectivity index (χ3n) is 5.20. The van der Waals surface area contributed by atoms with E-state index < -0.39 is 0 Å². The zero-order valence-corrected chi connectivity index (χ0v) is 15.2. The zero-order valence-electron chi connectivity index (χ0n) is 14.4. The predicted octanol–water partition coefficient (Wildman–Crippen LogP) is 2.72. The first-order valence-corrected chi connectivity index (χ1v) is 10.0. The molecule has 2 fully saturated rings. The number of nitrogens with one attached hydrogen (secondary N) is 1. The monoisotopic (exact) mass is 349 g/mol. The van der Waals surface area contributed by atoms with Crippen LogP contribution in [0.3, 0.4) is 0 Å². The van der Waals surface area contributed by atoms with Gasteiger partial charge in [0.2, 0.25) is 11.8 Å². The van der Waals surface area contributed by atoms with Crippen molar-refractivity contribution in [2.45, 2.75) is 57.8 Å². The van der Waals surface area contributed by atoms with Crippen molar-refractivity contribution >= 4 is 23.2 Å². The molecule has 6 heteroatoms. The maximum atomic E-state index is 12.3.